The summed E-state index contributed by atoms with van der Waals surface area (Å²) in [6.07, 6.45) is 4.76. The molecule has 0 saturated carbocycles. The normalized spacial score (nSPS) is 11.5. The number of aromatic nitrogens is 3. The van der Waals surface area contributed by atoms with Crippen molar-refractivity contribution in [2.24, 2.45) is 0 Å². The first-order valence-corrected chi connectivity index (χ1v) is 10.3. The number of thiazole rings is 2. The zero-order chi connectivity index (χ0) is 18.8. The lowest BCUT2D eigenvalue weighted by Gasteiger charge is -2.00. The average molecular weight is 436 g/mol. The Bertz CT molecular complexity index is 1150. The molecule has 1 aromatic carbocycles. The molecule has 9 heteroatoms. The van der Waals surface area contributed by atoms with Gasteiger partial charge in [-0.1, -0.05) is 41.4 Å². The number of carbonyl (C=O) groups is 1. The molecule has 0 aliphatic heterocycles. The highest BCUT2D eigenvalue weighted by Gasteiger charge is 2.11. The van der Waals surface area contributed by atoms with Gasteiger partial charge in [0.05, 0.1) is 16.4 Å². The highest BCUT2D eigenvalue weighted by atomic mass is 35.5. The van der Waals surface area contributed by atoms with E-state index >= 15 is 0 Å². The Morgan fingerprint density at radius 3 is 2.93 bits per heavy atom. The molecule has 0 amide bonds. The van der Waals surface area contributed by atoms with Gasteiger partial charge in [0.25, 0.3) is 0 Å². The summed E-state index contributed by atoms with van der Waals surface area (Å²) >= 11 is 15.2. The van der Waals surface area contributed by atoms with Crippen LogP contribution in [0.1, 0.15) is 11.4 Å². The fraction of sp³-hybridized carbons (Fsp3) is 0.0556. The van der Waals surface area contributed by atoms with Gasteiger partial charge < -0.3 is 4.74 Å². The highest BCUT2D eigenvalue weighted by Crippen LogP contribution is 2.30. The minimum Gasteiger partial charge on any atom is -0.456 e. The summed E-state index contributed by atoms with van der Waals surface area (Å²) in [5.41, 5.74) is 2.16. The van der Waals surface area contributed by atoms with Gasteiger partial charge in [-0.2, -0.15) is 0 Å². The van der Waals surface area contributed by atoms with Gasteiger partial charge in [0, 0.05) is 28.6 Å². The molecule has 0 fully saturated rings. The zero-order valence-corrected chi connectivity index (χ0v) is 16.8. The molecule has 0 saturated heterocycles. The Morgan fingerprint density at radius 1 is 1.22 bits per heavy atom. The molecule has 0 atom stereocenters. The van der Waals surface area contributed by atoms with Crippen molar-refractivity contribution in [2.75, 3.05) is 0 Å². The summed E-state index contributed by atoms with van der Waals surface area (Å²) in [4.78, 5) is 21.4. The van der Waals surface area contributed by atoms with Gasteiger partial charge >= 0.3 is 5.97 Å². The van der Waals surface area contributed by atoms with E-state index in [9.17, 15) is 4.79 Å². The second-order valence-corrected chi connectivity index (χ2v) is 7.90. The average Bonchev–Trinajstić information content (AvgIpc) is 3.35. The predicted octanol–water partition coefficient (Wildman–Crippen LogP) is 5.58. The van der Waals surface area contributed by atoms with E-state index in [-0.39, 0.29) is 6.61 Å². The molecule has 0 bridgehead atoms. The molecule has 0 aliphatic carbocycles. The monoisotopic (exact) mass is 435 g/mol. The van der Waals surface area contributed by atoms with Crippen LogP contribution in [0.25, 0.3) is 21.6 Å². The van der Waals surface area contributed by atoms with Crippen LogP contribution in [-0.2, 0) is 16.1 Å². The minimum absolute atomic E-state index is 0.0815. The first kappa shape index (κ1) is 18.2. The van der Waals surface area contributed by atoms with Crippen molar-refractivity contribution in [3.05, 3.63) is 68.9 Å². The van der Waals surface area contributed by atoms with Gasteiger partial charge in [-0.15, -0.1) is 22.7 Å². The van der Waals surface area contributed by atoms with Crippen molar-refractivity contribution in [1.29, 1.82) is 0 Å². The Labute approximate surface area is 172 Å². The van der Waals surface area contributed by atoms with Gasteiger partial charge in [0.1, 0.15) is 11.6 Å². The molecule has 3 aromatic heterocycles. The van der Waals surface area contributed by atoms with Gasteiger partial charge in [0.15, 0.2) is 10.1 Å². The number of imidazole rings is 1. The Morgan fingerprint density at radius 2 is 2.07 bits per heavy atom. The number of carbonyl (C=O) groups excluding carboxylic acids is 1. The Hall–Kier alpha value is -2.19. The van der Waals surface area contributed by atoms with Crippen molar-refractivity contribution < 1.29 is 9.53 Å². The third-order valence-electron chi connectivity index (χ3n) is 3.65. The summed E-state index contributed by atoms with van der Waals surface area (Å²) in [6.45, 7) is 0.0815. The molecule has 4 aromatic rings. The first-order valence-electron chi connectivity index (χ1n) is 7.77. The van der Waals surface area contributed by atoms with E-state index in [4.69, 9.17) is 27.9 Å². The summed E-state index contributed by atoms with van der Waals surface area (Å²) in [7, 11) is 0. The molecule has 4 rings (SSSR count). The first-order chi connectivity index (χ1) is 13.1. The maximum absolute atomic E-state index is 12.0. The topological polar surface area (TPSA) is 56.5 Å². The minimum atomic E-state index is -0.483. The molecule has 0 N–H and O–H groups in total. The second-order valence-electron chi connectivity index (χ2n) is 5.41. The van der Waals surface area contributed by atoms with Crippen molar-refractivity contribution in [3.8, 4) is 10.6 Å². The summed E-state index contributed by atoms with van der Waals surface area (Å²) in [5, 5.41) is 5.50. The fourth-order valence-corrected chi connectivity index (χ4v) is 4.53. The van der Waals surface area contributed by atoms with Gasteiger partial charge in [-0.05, 0) is 12.1 Å². The number of hydrogen-bond acceptors (Lipinski definition) is 6. The molecular weight excluding hydrogens is 425 g/mol. The number of fused-ring (bicyclic) bond motifs is 1. The number of halogens is 2. The van der Waals surface area contributed by atoms with Crippen molar-refractivity contribution in [2.45, 2.75) is 6.61 Å². The summed E-state index contributed by atoms with van der Waals surface area (Å²) in [5.74, 6) is -0.483. The SMILES string of the molecule is O=C(/C=C/c1c(Cl)nc2sccn12)OCc1csc(-c2ccccc2Cl)n1. The molecular formula is C18H11Cl2N3O2S2. The third-order valence-corrected chi connectivity index (χ3v) is 5.94. The van der Waals surface area contributed by atoms with Crippen LogP contribution in [0.4, 0.5) is 0 Å². The lowest BCUT2D eigenvalue weighted by molar-refractivity contribution is -0.139. The number of nitrogens with zero attached hydrogens (tertiary/aromatic N) is 3. The maximum Gasteiger partial charge on any atom is 0.331 e. The fourth-order valence-electron chi connectivity index (χ4n) is 2.40. The third kappa shape index (κ3) is 3.91. The lowest BCUT2D eigenvalue weighted by Crippen LogP contribution is -2.01. The van der Waals surface area contributed by atoms with Crippen molar-refractivity contribution in [1.82, 2.24) is 14.4 Å². The smallest absolute Gasteiger partial charge is 0.331 e. The number of rotatable bonds is 5. The molecule has 0 unspecified atom stereocenters. The molecule has 0 aliphatic rings. The van der Waals surface area contributed by atoms with Crippen LogP contribution in [0.5, 0.6) is 0 Å². The molecule has 3 heterocycles. The quantitative estimate of drug-likeness (QED) is 0.303. The van der Waals surface area contributed by atoms with E-state index in [0.717, 1.165) is 15.5 Å². The summed E-state index contributed by atoms with van der Waals surface area (Å²) < 4.78 is 7.07. The van der Waals surface area contributed by atoms with Crippen LogP contribution in [0, 0.1) is 0 Å². The Balaban J connectivity index is 1.41. The zero-order valence-electron chi connectivity index (χ0n) is 13.6. The number of hydrogen-bond donors (Lipinski definition) is 0. The number of ether oxygens (including phenoxy) is 1. The number of esters is 1. The predicted molar refractivity (Wildman–Crippen MR) is 109 cm³/mol. The van der Waals surface area contributed by atoms with Crippen LogP contribution < -0.4 is 0 Å². The van der Waals surface area contributed by atoms with Crippen LogP contribution in [0.3, 0.4) is 0 Å². The van der Waals surface area contributed by atoms with Crippen LogP contribution in [-0.4, -0.2) is 20.3 Å². The second kappa shape index (κ2) is 7.82. The standard InChI is InChI=1S/C18H11Cl2N3O2S2/c19-13-4-2-1-3-12(13)17-21-11(10-27-17)9-25-15(24)6-5-14-16(20)22-18-23(14)7-8-26-18/h1-8,10H,9H2/b6-5+. The van der Waals surface area contributed by atoms with Gasteiger partial charge in [0.2, 0.25) is 0 Å². The van der Waals surface area contributed by atoms with E-state index in [1.807, 2.05) is 45.6 Å². The molecule has 5 nitrogen and oxygen atoms in total. The molecule has 0 spiro atoms. The van der Waals surface area contributed by atoms with E-state index in [0.29, 0.717) is 21.6 Å². The Kier molecular flexibility index (Phi) is 5.27. The molecule has 27 heavy (non-hydrogen) atoms. The molecule has 136 valence electrons. The van der Waals surface area contributed by atoms with Crippen LogP contribution >= 0.6 is 45.9 Å². The van der Waals surface area contributed by atoms with Crippen molar-refractivity contribution >= 4 is 62.9 Å². The summed E-state index contributed by atoms with van der Waals surface area (Å²) in [6, 6.07) is 7.49. The maximum atomic E-state index is 12.0. The van der Waals surface area contributed by atoms with Crippen molar-refractivity contribution in [3.63, 3.8) is 0 Å². The van der Waals surface area contributed by atoms with E-state index < -0.39 is 5.97 Å². The highest BCUT2D eigenvalue weighted by molar-refractivity contribution is 7.15. The largest absolute Gasteiger partial charge is 0.456 e. The van der Waals surface area contributed by atoms with Gasteiger partial charge in [-0.3, -0.25) is 4.40 Å². The van der Waals surface area contributed by atoms with E-state index in [2.05, 4.69) is 9.97 Å². The molecule has 0 radical (unpaired) electrons. The van der Waals surface area contributed by atoms with E-state index in [1.165, 1.54) is 28.7 Å². The van der Waals surface area contributed by atoms with Crippen LogP contribution in [0.2, 0.25) is 10.2 Å². The van der Waals surface area contributed by atoms with E-state index in [1.54, 1.807) is 6.08 Å². The van der Waals surface area contributed by atoms with Crippen LogP contribution in [0.15, 0.2) is 47.3 Å². The lowest BCUT2D eigenvalue weighted by atomic mass is 10.2. The number of benzene rings is 1. The van der Waals surface area contributed by atoms with Gasteiger partial charge in [-0.25, -0.2) is 14.8 Å².